The molecule has 0 aromatic carbocycles. The highest BCUT2D eigenvalue weighted by Crippen LogP contribution is 2.25. The lowest BCUT2D eigenvalue weighted by molar-refractivity contribution is 0.0422. The van der Waals surface area contributed by atoms with Gasteiger partial charge in [0, 0.05) is 31.2 Å². The van der Waals surface area contributed by atoms with Gasteiger partial charge >= 0.3 is 0 Å². The summed E-state index contributed by atoms with van der Waals surface area (Å²) in [5.41, 5.74) is 8.18. The van der Waals surface area contributed by atoms with Crippen molar-refractivity contribution in [1.82, 2.24) is 9.78 Å². The smallest absolute Gasteiger partial charge is 0.130 e. The summed E-state index contributed by atoms with van der Waals surface area (Å²) < 4.78 is 7.17. The van der Waals surface area contributed by atoms with E-state index >= 15 is 0 Å². The zero-order chi connectivity index (χ0) is 11.7. The Kier molecular flexibility index (Phi) is 3.52. The maximum absolute atomic E-state index is 6.20. The van der Waals surface area contributed by atoms with Crippen molar-refractivity contribution in [2.45, 2.75) is 25.8 Å². The molecule has 2 N–H and O–H groups in total. The van der Waals surface area contributed by atoms with Crippen LogP contribution in [0.25, 0.3) is 0 Å². The number of nitrogens with zero attached hydrogens (tertiary/aromatic N) is 2. The molecule has 1 aliphatic heterocycles. The number of aryl methyl sites for hydroxylation is 2. The minimum atomic E-state index is 0.212. The highest BCUT2D eigenvalue weighted by Gasteiger charge is 2.25. The number of aromatic nitrogens is 2. The summed E-state index contributed by atoms with van der Waals surface area (Å²) >= 11 is 6.20. The summed E-state index contributed by atoms with van der Waals surface area (Å²) in [4.78, 5) is 0. The quantitative estimate of drug-likeness (QED) is 0.852. The molecule has 1 aromatic rings. The highest BCUT2D eigenvalue weighted by atomic mass is 35.5. The normalized spacial score (nSPS) is 26.0. The SMILES string of the molecule is Cc1nn(C)c(Cl)c1CC1COCCC1N. The molecule has 2 unspecified atom stereocenters. The first-order valence-electron chi connectivity index (χ1n) is 5.61. The molecule has 1 aliphatic rings. The summed E-state index contributed by atoms with van der Waals surface area (Å²) in [6.45, 7) is 3.49. The van der Waals surface area contributed by atoms with E-state index in [-0.39, 0.29) is 6.04 Å². The Morgan fingerprint density at radius 1 is 1.62 bits per heavy atom. The van der Waals surface area contributed by atoms with Gasteiger partial charge in [-0.15, -0.1) is 0 Å². The number of nitrogens with two attached hydrogens (primary N) is 1. The van der Waals surface area contributed by atoms with E-state index < -0.39 is 0 Å². The first kappa shape index (κ1) is 11.9. The van der Waals surface area contributed by atoms with Gasteiger partial charge in [-0.3, -0.25) is 4.68 Å². The fraction of sp³-hybridized carbons (Fsp3) is 0.727. The van der Waals surface area contributed by atoms with Crippen LogP contribution in [0.1, 0.15) is 17.7 Å². The molecule has 16 heavy (non-hydrogen) atoms. The highest BCUT2D eigenvalue weighted by molar-refractivity contribution is 6.30. The molecule has 1 aromatic heterocycles. The van der Waals surface area contributed by atoms with Gasteiger partial charge in [0.15, 0.2) is 0 Å². The van der Waals surface area contributed by atoms with Crippen LogP contribution < -0.4 is 5.73 Å². The third-order valence-corrected chi connectivity index (χ3v) is 3.74. The van der Waals surface area contributed by atoms with Gasteiger partial charge in [-0.1, -0.05) is 11.6 Å². The summed E-state index contributed by atoms with van der Waals surface area (Å²) in [5.74, 6) is 0.356. The van der Waals surface area contributed by atoms with Gasteiger partial charge in [0.05, 0.1) is 12.3 Å². The lowest BCUT2D eigenvalue weighted by atomic mass is 9.90. The van der Waals surface area contributed by atoms with Gasteiger partial charge in [-0.05, 0) is 19.8 Å². The Hall–Kier alpha value is -0.580. The topological polar surface area (TPSA) is 53.1 Å². The van der Waals surface area contributed by atoms with Gasteiger partial charge in [-0.25, -0.2) is 0 Å². The van der Waals surface area contributed by atoms with Crippen LogP contribution in [-0.2, 0) is 18.2 Å². The molecular weight excluding hydrogens is 226 g/mol. The summed E-state index contributed by atoms with van der Waals surface area (Å²) in [6.07, 6.45) is 1.79. The number of hydrogen-bond acceptors (Lipinski definition) is 3. The zero-order valence-corrected chi connectivity index (χ0v) is 10.5. The third-order valence-electron chi connectivity index (χ3n) is 3.27. The number of ether oxygens (including phenoxy) is 1. The van der Waals surface area contributed by atoms with Crippen LogP contribution in [-0.4, -0.2) is 29.0 Å². The molecule has 0 aliphatic carbocycles. The molecule has 0 radical (unpaired) electrons. The van der Waals surface area contributed by atoms with E-state index in [0.717, 1.165) is 42.5 Å². The van der Waals surface area contributed by atoms with Crippen LogP contribution in [0.2, 0.25) is 5.15 Å². The van der Waals surface area contributed by atoms with E-state index in [9.17, 15) is 0 Å². The second-order valence-corrected chi connectivity index (χ2v) is 4.83. The fourth-order valence-corrected chi connectivity index (χ4v) is 2.44. The molecular formula is C11H18ClN3O. The van der Waals surface area contributed by atoms with Gasteiger partial charge < -0.3 is 10.5 Å². The summed E-state index contributed by atoms with van der Waals surface area (Å²) in [5, 5.41) is 5.02. The summed E-state index contributed by atoms with van der Waals surface area (Å²) in [7, 11) is 1.86. The van der Waals surface area contributed by atoms with E-state index in [1.165, 1.54) is 0 Å². The first-order valence-corrected chi connectivity index (χ1v) is 5.98. The molecule has 1 saturated heterocycles. The van der Waals surface area contributed by atoms with Crippen LogP contribution >= 0.6 is 11.6 Å². The van der Waals surface area contributed by atoms with E-state index in [2.05, 4.69) is 5.10 Å². The van der Waals surface area contributed by atoms with Crippen molar-refractivity contribution in [1.29, 1.82) is 0 Å². The average molecular weight is 244 g/mol. The van der Waals surface area contributed by atoms with E-state index in [0.29, 0.717) is 5.92 Å². The van der Waals surface area contributed by atoms with Gasteiger partial charge in [0.2, 0.25) is 0 Å². The predicted octanol–water partition coefficient (Wildman–Crippen LogP) is 1.29. The minimum absolute atomic E-state index is 0.212. The zero-order valence-electron chi connectivity index (χ0n) is 9.74. The van der Waals surface area contributed by atoms with E-state index in [1.54, 1.807) is 4.68 Å². The molecule has 2 rings (SSSR count). The lowest BCUT2D eigenvalue weighted by Crippen LogP contribution is -2.39. The molecule has 5 heteroatoms. The number of halogens is 1. The third kappa shape index (κ3) is 2.24. The minimum Gasteiger partial charge on any atom is -0.381 e. The molecule has 90 valence electrons. The maximum atomic E-state index is 6.20. The Balaban J connectivity index is 2.13. The van der Waals surface area contributed by atoms with Crippen LogP contribution in [0, 0.1) is 12.8 Å². The molecule has 1 fully saturated rings. The van der Waals surface area contributed by atoms with Gasteiger partial charge in [-0.2, -0.15) is 5.10 Å². The van der Waals surface area contributed by atoms with Gasteiger partial charge in [0.25, 0.3) is 0 Å². The molecule has 2 atom stereocenters. The van der Waals surface area contributed by atoms with Crippen molar-refractivity contribution < 1.29 is 4.74 Å². The van der Waals surface area contributed by atoms with Crippen LogP contribution in [0.4, 0.5) is 0 Å². The molecule has 4 nitrogen and oxygen atoms in total. The van der Waals surface area contributed by atoms with Crippen molar-refractivity contribution >= 4 is 11.6 Å². The summed E-state index contributed by atoms with van der Waals surface area (Å²) in [6, 6.07) is 0.212. The van der Waals surface area contributed by atoms with Crippen molar-refractivity contribution in [3.8, 4) is 0 Å². The molecule has 0 bridgehead atoms. The van der Waals surface area contributed by atoms with Crippen molar-refractivity contribution in [3.63, 3.8) is 0 Å². The number of rotatable bonds is 2. The molecule has 2 heterocycles. The largest absolute Gasteiger partial charge is 0.381 e. The Morgan fingerprint density at radius 3 is 2.94 bits per heavy atom. The Labute approximate surface area is 101 Å². The van der Waals surface area contributed by atoms with Crippen LogP contribution in [0.3, 0.4) is 0 Å². The lowest BCUT2D eigenvalue weighted by Gasteiger charge is -2.28. The molecule has 0 saturated carbocycles. The van der Waals surface area contributed by atoms with Gasteiger partial charge in [0.1, 0.15) is 5.15 Å². The predicted molar refractivity (Wildman–Crippen MR) is 63.6 cm³/mol. The standard InChI is InChI=1S/C11H18ClN3O/c1-7-9(11(12)15(2)14-7)5-8-6-16-4-3-10(8)13/h8,10H,3-6,13H2,1-2H3. The molecule has 0 amide bonds. The van der Waals surface area contributed by atoms with Crippen LogP contribution in [0.5, 0.6) is 0 Å². The van der Waals surface area contributed by atoms with Crippen LogP contribution in [0.15, 0.2) is 0 Å². The number of hydrogen-bond donors (Lipinski definition) is 1. The van der Waals surface area contributed by atoms with Crippen molar-refractivity contribution in [3.05, 3.63) is 16.4 Å². The monoisotopic (exact) mass is 243 g/mol. The Bertz CT molecular complexity index is 378. The van der Waals surface area contributed by atoms with E-state index in [4.69, 9.17) is 22.1 Å². The first-order chi connectivity index (χ1) is 7.59. The van der Waals surface area contributed by atoms with Crippen molar-refractivity contribution in [2.75, 3.05) is 13.2 Å². The second-order valence-electron chi connectivity index (χ2n) is 4.47. The molecule has 0 spiro atoms. The maximum Gasteiger partial charge on any atom is 0.130 e. The van der Waals surface area contributed by atoms with Crippen molar-refractivity contribution in [2.24, 2.45) is 18.7 Å². The fourth-order valence-electron chi connectivity index (χ4n) is 2.19. The Morgan fingerprint density at radius 2 is 2.38 bits per heavy atom. The second kappa shape index (κ2) is 4.73. The average Bonchev–Trinajstić information content (AvgIpc) is 2.48. The van der Waals surface area contributed by atoms with E-state index in [1.807, 2.05) is 14.0 Å².